The van der Waals surface area contributed by atoms with Gasteiger partial charge in [0, 0.05) is 103 Å². The Hall–Kier alpha value is 3.03. The quantitative estimate of drug-likeness (QED) is 0.326. The molecule has 12 N–H and O–H groups in total. The van der Waals surface area contributed by atoms with Crippen molar-refractivity contribution in [2.75, 3.05) is 0 Å². The first-order valence-corrected chi connectivity index (χ1v) is 0. The number of hydrogen-bond donors (Lipinski definition) is 0. The van der Waals surface area contributed by atoms with Crippen molar-refractivity contribution >= 4 is 103 Å². The maximum atomic E-state index is 0. The van der Waals surface area contributed by atoms with Gasteiger partial charge in [-0.15, -0.1) is 0 Å². The van der Waals surface area contributed by atoms with E-state index in [1.165, 1.54) is 0 Å². The van der Waals surface area contributed by atoms with Crippen LogP contribution in [0.1, 0.15) is 0 Å². The van der Waals surface area contributed by atoms with Crippen molar-refractivity contribution in [2.24, 2.45) is 0 Å². The van der Waals surface area contributed by atoms with E-state index >= 15 is 0 Å². The van der Waals surface area contributed by atoms with Crippen LogP contribution in [-0.2, 0) is 0 Å². The van der Waals surface area contributed by atoms with E-state index in [2.05, 4.69) is 0 Å². The second-order valence-corrected chi connectivity index (χ2v) is 0. The zero-order valence-corrected chi connectivity index (χ0v) is 11.2. The van der Waals surface area contributed by atoms with Crippen LogP contribution in [0, 0.1) is 0 Å². The number of hydrogen-bond acceptors (Lipinski definition) is 0. The fourth-order valence-electron chi connectivity index (χ4n) is 0. The van der Waals surface area contributed by atoms with Crippen molar-refractivity contribution in [3.8, 4) is 0 Å². The van der Waals surface area contributed by atoms with Crippen LogP contribution in [-0.4, -0.2) is 136 Å². The summed E-state index contributed by atoms with van der Waals surface area (Å²) < 4.78 is 0. The second-order valence-electron chi connectivity index (χ2n) is 0. The van der Waals surface area contributed by atoms with Crippen molar-refractivity contribution < 1.29 is 32.9 Å². The molecule has 8 heavy (non-hydrogen) atoms. The van der Waals surface area contributed by atoms with E-state index in [-0.39, 0.29) is 136 Å². The first kappa shape index (κ1) is 121. The van der Waals surface area contributed by atoms with E-state index in [1.807, 2.05) is 0 Å². The summed E-state index contributed by atoms with van der Waals surface area (Å²) in [6, 6.07) is 0. The Balaban J connectivity index is 0. The van der Waals surface area contributed by atoms with Crippen molar-refractivity contribution in [2.45, 2.75) is 0 Å². The smallest absolute Gasteiger partial charge is 0 e. The summed E-state index contributed by atoms with van der Waals surface area (Å²) >= 11 is 0. The Morgan fingerprint density at radius 1 is 0.250 bits per heavy atom. The van der Waals surface area contributed by atoms with Gasteiger partial charge in [-0.25, -0.2) is 0 Å². The van der Waals surface area contributed by atoms with Crippen molar-refractivity contribution in [3.63, 3.8) is 0 Å². The van der Waals surface area contributed by atoms with Gasteiger partial charge in [0.05, 0.1) is 0 Å². The van der Waals surface area contributed by atoms with E-state index in [0.29, 0.717) is 0 Å². The van der Waals surface area contributed by atoms with Gasteiger partial charge in [0.15, 0.2) is 0 Å². The SMILES string of the molecule is O.O.O.O.O.O.[K].[K]. The minimum absolute atomic E-state index is 0. The second kappa shape index (κ2) is 89.0. The Morgan fingerprint density at radius 3 is 0.250 bits per heavy atom. The summed E-state index contributed by atoms with van der Waals surface area (Å²) in [6.45, 7) is 0. The molecule has 0 amide bonds. The van der Waals surface area contributed by atoms with Gasteiger partial charge in [-0.05, 0) is 0 Å². The van der Waals surface area contributed by atoms with Crippen LogP contribution in [0.5, 0.6) is 0 Å². The van der Waals surface area contributed by atoms with Crippen molar-refractivity contribution in [1.82, 2.24) is 0 Å². The molecule has 0 atom stereocenters. The normalized spacial score (nSPS) is 0. The van der Waals surface area contributed by atoms with Gasteiger partial charge in [0.25, 0.3) is 0 Å². The van der Waals surface area contributed by atoms with Crippen LogP contribution >= 0.6 is 0 Å². The van der Waals surface area contributed by atoms with Crippen LogP contribution in [0.3, 0.4) is 0 Å². The van der Waals surface area contributed by atoms with Gasteiger partial charge in [-0.3, -0.25) is 0 Å². The van der Waals surface area contributed by atoms with E-state index in [4.69, 9.17) is 0 Å². The van der Waals surface area contributed by atoms with Crippen LogP contribution in [0.15, 0.2) is 0 Å². The monoisotopic (exact) mass is 186 g/mol. The standard InChI is InChI=1S/2K.6H2O/h;;6*1H2. The third kappa shape index (κ3) is 63.4. The first-order chi connectivity index (χ1) is 0. The van der Waals surface area contributed by atoms with Crippen molar-refractivity contribution in [3.05, 3.63) is 0 Å². The van der Waals surface area contributed by atoms with E-state index in [0.717, 1.165) is 0 Å². The minimum atomic E-state index is 0. The zero-order valence-electron chi connectivity index (χ0n) is 5.00. The van der Waals surface area contributed by atoms with E-state index in [1.54, 1.807) is 0 Å². The van der Waals surface area contributed by atoms with Crippen molar-refractivity contribution in [1.29, 1.82) is 0 Å². The molecule has 0 aromatic heterocycles. The molecule has 0 aliphatic carbocycles. The van der Waals surface area contributed by atoms with Gasteiger partial charge in [-0.2, -0.15) is 0 Å². The topological polar surface area (TPSA) is 189 Å². The third-order valence-corrected chi connectivity index (χ3v) is 0. The third-order valence-electron chi connectivity index (χ3n) is 0. The average molecular weight is 186 g/mol. The molecule has 50 valence electrons. The van der Waals surface area contributed by atoms with Gasteiger partial charge in [0.2, 0.25) is 0 Å². The molecule has 8 heteroatoms. The summed E-state index contributed by atoms with van der Waals surface area (Å²) in [5.74, 6) is 0. The molecule has 0 rings (SSSR count). The Bertz CT molecular complexity index is 6.49. The van der Waals surface area contributed by atoms with E-state index in [9.17, 15) is 0 Å². The first-order valence-electron chi connectivity index (χ1n) is 0. The van der Waals surface area contributed by atoms with E-state index < -0.39 is 0 Å². The molecule has 6 nitrogen and oxygen atoms in total. The maximum Gasteiger partial charge on any atom is 0 e. The molecule has 0 fully saturated rings. The van der Waals surface area contributed by atoms with Crippen LogP contribution in [0.4, 0.5) is 0 Å². The molecular weight excluding hydrogens is 174 g/mol. The summed E-state index contributed by atoms with van der Waals surface area (Å²) in [5.41, 5.74) is 0. The molecule has 0 saturated heterocycles. The van der Waals surface area contributed by atoms with Crippen LogP contribution in [0.25, 0.3) is 0 Å². The molecule has 0 aromatic rings. The van der Waals surface area contributed by atoms with Gasteiger partial charge >= 0.3 is 0 Å². The summed E-state index contributed by atoms with van der Waals surface area (Å²) in [6.07, 6.45) is 0. The zero-order chi connectivity index (χ0) is 0. The molecule has 2 radical (unpaired) electrons. The summed E-state index contributed by atoms with van der Waals surface area (Å²) in [4.78, 5) is 0. The van der Waals surface area contributed by atoms with Gasteiger partial charge < -0.3 is 32.9 Å². The maximum absolute atomic E-state index is 0. The molecular formula is H12K2O6. The predicted molar refractivity (Wildman–Crippen MR) is 33.2 cm³/mol. The fourth-order valence-corrected chi connectivity index (χ4v) is 0. The minimum Gasteiger partial charge on any atom is -0.412 e. The fraction of sp³-hybridized carbons (Fsp3) is 0. The summed E-state index contributed by atoms with van der Waals surface area (Å²) in [5, 5.41) is 0. The molecule has 0 heterocycles. The average Bonchev–Trinajstić information content (AvgIpc) is 0. The molecule has 0 aromatic carbocycles. The molecule has 0 saturated carbocycles. The van der Waals surface area contributed by atoms with Crippen LogP contribution in [0.2, 0.25) is 0 Å². The predicted octanol–water partition coefficient (Wildman–Crippen LogP) is -5.71. The molecule has 0 spiro atoms. The Morgan fingerprint density at radius 2 is 0.250 bits per heavy atom. The summed E-state index contributed by atoms with van der Waals surface area (Å²) in [7, 11) is 0. The number of rotatable bonds is 0. The molecule has 0 bridgehead atoms. The Kier molecular flexibility index (Phi) is 1340. The van der Waals surface area contributed by atoms with Crippen LogP contribution < -0.4 is 0 Å². The van der Waals surface area contributed by atoms with Gasteiger partial charge in [-0.1, -0.05) is 0 Å². The molecule has 0 aliphatic heterocycles. The molecule has 0 unspecified atom stereocenters. The van der Waals surface area contributed by atoms with Gasteiger partial charge in [0.1, 0.15) is 0 Å². The Labute approximate surface area is 132 Å². The largest absolute Gasteiger partial charge is 0.412 e. The molecule has 0 aliphatic rings.